The normalized spacial score (nSPS) is 14.5. The first kappa shape index (κ1) is 24.7. The van der Waals surface area contributed by atoms with E-state index < -0.39 is 23.9 Å². The van der Waals surface area contributed by atoms with Crippen LogP contribution in [-0.4, -0.2) is 43.0 Å². The van der Waals surface area contributed by atoms with Gasteiger partial charge in [0.25, 0.3) is 5.91 Å². The summed E-state index contributed by atoms with van der Waals surface area (Å²) in [6, 6.07) is 19.3. The maximum absolute atomic E-state index is 13.1. The Morgan fingerprint density at radius 2 is 1.69 bits per heavy atom. The minimum atomic E-state index is -1.08. The van der Waals surface area contributed by atoms with Gasteiger partial charge >= 0.3 is 5.97 Å². The number of carbonyl (C=O) groups excluding carboxylic acids is 3. The van der Waals surface area contributed by atoms with Crippen LogP contribution in [0.4, 0.5) is 11.5 Å². The number of hydrogen-bond donors (Lipinski definition) is 2. The quantitative estimate of drug-likeness (QED) is 0.466. The molecule has 3 aromatic rings. The van der Waals surface area contributed by atoms with Gasteiger partial charge in [0, 0.05) is 30.5 Å². The lowest BCUT2D eigenvalue weighted by atomic mass is 9.96. The van der Waals surface area contributed by atoms with E-state index in [9.17, 15) is 14.4 Å². The van der Waals surface area contributed by atoms with Crippen LogP contribution in [0.5, 0.6) is 5.75 Å². The van der Waals surface area contributed by atoms with Gasteiger partial charge in [0.15, 0.2) is 0 Å². The minimum Gasteiger partial charge on any atom is -0.497 e. The zero-order valence-electron chi connectivity index (χ0n) is 19.9. The number of ether oxygens (including phenoxy) is 2. The number of piperidine rings is 1. The number of esters is 1. The molecule has 1 fully saturated rings. The first-order chi connectivity index (χ1) is 17.4. The Labute approximate surface area is 209 Å². The molecule has 1 aliphatic rings. The predicted octanol–water partition coefficient (Wildman–Crippen LogP) is 3.33. The number of nitrogens with zero attached hydrogens (tertiary/aromatic N) is 2. The highest BCUT2D eigenvalue weighted by atomic mass is 16.5. The van der Waals surface area contributed by atoms with Gasteiger partial charge in [0.05, 0.1) is 18.6 Å². The van der Waals surface area contributed by atoms with Gasteiger partial charge in [-0.15, -0.1) is 0 Å². The van der Waals surface area contributed by atoms with Gasteiger partial charge in [-0.1, -0.05) is 30.3 Å². The van der Waals surface area contributed by atoms with Crippen LogP contribution >= 0.6 is 0 Å². The van der Waals surface area contributed by atoms with Crippen molar-refractivity contribution in [3.8, 4) is 5.75 Å². The molecule has 36 heavy (non-hydrogen) atoms. The Balaban J connectivity index is 1.40. The smallest absolute Gasteiger partial charge is 0.310 e. The molecule has 3 N–H and O–H groups in total. The van der Waals surface area contributed by atoms with Gasteiger partial charge in [-0.3, -0.25) is 14.4 Å². The van der Waals surface area contributed by atoms with E-state index >= 15 is 0 Å². The van der Waals surface area contributed by atoms with Crippen molar-refractivity contribution in [2.24, 2.45) is 11.7 Å². The molecule has 0 bridgehead atoms. The Morgan fingerprint density at radius 1 is 1.00 bits per heavy atom. The van der Waals surface area contributed by atoms with Crippen LogP contribution in [0.1, 0.15) is 34.9 Å². The van der Waals surface area contributed by atoms with Gasteiger partial charge in [0.2, 0.25) is 12.0 Å². The monoisotopic (exact) mass is 488 g/mol. The first-order valence-electron chi connectivity index (χ1n) is 11.7. The summed E-state index contributed by atoms with van der Waals surface area (Å²) in [6.45, 7) is 1.19. The fourth-order valence-corrected chi connectivity index (χ4v) is 4.06. The molecule has 1 aromatic heterocycles. The average molecular weight is 489 g/mol. The molecule has 0 saturated carbocycles. The summed E-state index contributed by atoms with van der Waals surface area (Å²) in [5.41, 5.74) is 6.78. The van der Waals surface area contributed by atoms with Crippen LogP contribution in [0.2, 0.25) is 0 Å². The van der Waals surface area contributed by atoms with Gasteiger partial charge in [-0.25, -0.2) is 4.98 Å². The number of anilines is 2. The highest BCUT2D eigenvalue weighted by molar-refractivity contribution is 5.96. The van der Waals surface area contributed by atoms with E-state index in [-0.39, 0.29) is 5.92 Å². The summed E-state index contributed by atoms with van der Waals surface area (Å²) in [6.07, 6.45) is 1.48. The summed E-state index contributed by atoms with van der Waals surface area (Å²) in [5.74, 6) is -0.329. The number of hydrogen-bond acceptors (Lipinski definition) is 7. The third kappa shape index (κ3) is 5.99. The summed E-state index contributed by atoms with van der Waals surface area (Å²) in [7, 11) is 1.57. The van der Waals surface area contributed by atoms with Gasteiger partial charge in [0.1, 0.15) is 11.6 Å². The van der Waals surface area contributed by atoms with Gasteiger partial charge in [-0.05, 0) is 49.2 Å². The van der Waals surface area contributed by atoms with Crippen LogP contribution < -0.4 is 20.7 Å². The molecule has 1 atom stereocenters. The minimum absolute atomic E-state index is 0.342. The number of benzene rings is 2. The topological polar surface area (TPSA) is 124 Å². The fraction of sp³-hybridized carbons (Fsp3) is 0.259. The van der Waals surface area contributed by atoms with Crippen molar-refractivity contribution < 1.29 is 23.9 Å². The predicted molar refractivity (Wildman–Crippen MR) is 135 cm³/mol. The molecule has 1 saturated heterocycles. The standard InChI is InChI=1S/C27H28N4O5/c1-35-22-10-8-21(9-11-22)30-26(33)24(18-5-3-2-4-6-18)36-27(34)19-13-15-31(16-14-19)23-12-7-20(17-29-23)25(28)32/h2-12,17,19,24H,13-16H2,1H3,(H2,28,32)(H,30,33). The summed E-state index contributed by atoms with van der Waals surface area (Å²) in [4.78, 5) is 43.8. The molecular weight excluding hydrogens is 460 g/mol. The van der Waals surface area contributed by atoms with Crippen molar-refractivity contribution in [3.63, 3.8) is 0 Å². The van der Waals surface area contributed by atoms with Crippen molar-refractivity contribution >= 4 is 29.3 Å². The van der Waals surface area contributed by atoms with Crippen molar-refractivity contribution in [1.82, 2.24) is 4.98 Å². The molecule has 9 heteroatoms. The molecule has 1 unspecified atom stereocenters. The van der Waals surface area contributed by atoms with E-state index in [1.165, 1.54) is 6.20 Å². The Morgan fingerprint density at radius 3 is 2.28 bits per heavy atom. The lowest BCUT2D eigenvalue weighted by Gasteiger charge is -2.32. The second-order valence-electron chi connectivity index (χ2n) is 8.48. The van der Waals surface area contributed by atoms with Gasteiger partial charge in [-0.2, -0.15) is 0 Å². The van der Waals surface area contributed by atoms with Crippen LogP contribution in [0.25, 0.3) is 0 Å². The largest absolute Gasteiger partial charge is 0.497 e. The van der Waals surface area contributed by atoms with E-state index in [0.29, 0.717) is 54.3 Å². The Kier molecular flexibility index (Phi) is 7.79. The van der Waals surface area contributed by atoms with Crippen LogP contribution in [0, 0.1) is 5.92 Å². The van der Waals surface area contributed by atoms with E-state index in [0.717, 1.165) is 0 Å². The van der Waals surface area contributed by atoms with E-state index in [4.69, 9.17) is 15.2 Å². The molecule has 0 radical (unpaired) electrons. The maximum Gasteiger partial charge on any atom is 0.310 e. The number of aromatic nitrogens is 1. The SMILES string of the molecule is COc1ccc(NC(=O)C(OC(=O)C2CCN(c3ccc(C(N)=O)cn3)CC2)c2ccccc2)cc1. The zero-order chi connectivity index (χ0) is 25.5. The van der Waals surface area contributed by atoms with Crippen molar-refractivity contribution in [2.75, 3.05) is 30.4 Å². The van der Waals surface area contributed by atoms with Crippen molar-refractivity contribution in [2.45, 2.75) is 18.9 Å². The number of carbonyl (C=O) groups is 3. The van der Waals surface area contributed by atoms with Crippen LogP contribution in [-0.2, 0) is 14.3 Å². The van der Waals surface area contributed by atoms with E-state index in [1.54, 1.807) is 67.8 Å². The summed E-state index contributed by atoms with van der Waals surface area (Å²) < 4.78 is 10.9. The number of amides is 2. The number of methoxy groups -OCH3 is 1. The highest BCUT2D eigenvalue weighted by Crippen LogP contribution is 2.27. The molecule has 2 amide bonds. The third-order valence-corrected chi connectivity index (χ3v) is 6.12. The van der Waals surface area contributed by atoms with Gasteiger partial charge < -0.3 is 25.4 Å². The molecule has 2 heterocycles. The van der Waals surface area contributed by atoms with Crippen LogP contribution in [0.15, 0.2) is 72.9 Å². The number of pyridine rings is 1. The maximum atomic E-state index is 13.1. The van der Waals surface area contributed by atoms with Crippen molar-refractivity contribution in [1.29, 1.82) is 0 Å². The molecule has 1 aliphatic heterocycles. The lowest BCUT2D eigenvalue weighted by Crippen LogP contribution is -2.38. The number of primary amides is 1. The average Bonchev–Trinajstić information content (AvgIpc) is 2.92. The zero-order valence-corrected chi connectivity index (χ0v) is 19.9. The highest BCUT2D eigenvalue weighted by Gasteiger charge is 2.32. The Bertz CT molecular complexity index is 1190. The molecular formula is C27H28N4O5. The number of rotatable bonds is 8. The summed E-state index contributed by atoms with van der Waals surface area (Å²) in [5, 5.41) is 2.82. The molecule has 186 valence electrons. The van der Waals surface area contributed by atoms with E-state index in [1.807, 2.05) is 11.0 Å². The van der Waals surface area contributed by atoms with E-state index in [2.05, 4.69) is 10.3 Å². The molecule has 0 aliphatic carbocycles. The molecule has 0 spiro atoms. The first-order valence-corrected chi connectivity index (χ1v) is 11.7. The lowest BCUT2D eigenvalue weighted by molar-refractivity contribution is -0.159. The van der Waals surface area contributed by atoms with Crippen LogP contribution in [0.3, 0.4) is 0 Å². The third-order valence-electron chi connectivity index (χ3n) is 6.12. The number of nitrogens with two attached hydrogens (primary N) is 1. The Hall–Kier alpha value is -4.40. The fourth-order valence-electron chi connectivity index (χ4n) is 4.06. The van der Waals surface area contributed by atoms with Crippen molar-refractivity contribution in [3.05, 3.63) is 84.1 Å². The second kappa shape index (κ2) is 11.4. The molecule has 2 aromatic carbocycles. The second-order valence-corrected chi connectivity index (χ2v) is 8.48. The summed E-state index contributed by atoms with van der Waals surface area (Å²) >= 11 is 0. The molecule has 4 rings (SSSR count). The number of nitrogens with one attached hydrogen (secondary N) is 1. The molecule has 9 nitrogen and oxygen atoms in total.